The van der Waals surface area contributed by atoms with Gasteiger partial charge in [0.2, 0.25) is 0 Å². The third-order valence-electron chi connectivity index (χ3n) is 2.19. The second-order valence-electron chi connectivity index (χ2n) is 3.27. The van der Waals surface area contributed by atoms with E-state index in [4.69, 9.17) is 0 Å². The standard InChI is InChI=1S/C11H12BrN3/c12-8-4-7-11-9-13-14-15(11)10-5-2-1-3-6-10/h1-3,5-6,9H,4,7-8H2. The van der Waals surface area contributed by atoms with Crippen molar-refractivity contribution in [3.8, 4) is 5.69 Å². The van der Waals surface area contributed by atoms with Crippen LogP contribution in [0.2, 0.25) is 0 Å². The first-order chi connectivity index (χ1) is 7.42. The highest BCUT2D eigenvalue weighted by atomic mass is 79.9. The van der Waals surface area contributed by atoms with E-state index >= 15 is 0 Å². The second-order valence-corrected chi connectivity index (χ2v) is 4.06. The summed E-state index contributed by atoms with van der Waals surface area (Å²) >= 11 is 3.43. The molecule has 3 nitrogen and oxygen atoms in total. The van der Waals surface area contributed by atoms with Gasteiger partial charge in [-0.15, -0.1) is 5.10 Å². The van der Waals surface area contributed by atoms with E-state index in [1.165, 1.54) is 0 Å². The molecule has 0 atom stereocenters. The molecule has 0 fully saturated rings. The SMILES string of the molecule is BrCCCc1cnnn1-c1ccccc1. The lowest BCUT2D eigenvalue weighted by Crippen LogP contribution is -2.02. The summed E-state index contributed by atoms with van der Waals surface area (Å²) in [5.74, 6) is 0. The van der Waals surface area contributed by atoms with Crippen LogP contribution in [-0.4, -0.2) is 20.3 Å². The van der Waals surface area contributed by atoms with Crippen molar-refractivity contribution in [1.82, 2.24) is 15.0 Å². The largest absolute Gasteiger partial charge is 0.218 e. The van der Waals surface area contributed by atoms with Gasteiger partial charge in [0, 0.05) is 5.33 Å². The Labute approximate surface area is 97.2 Å². The van der Waals surface area contributed by atoms with E-state index in [-0.39, 0.29) is 0 Å². The van der Waals surface area contributed by atoms with Crippen molar-refractivity contribution in [2.75, 3.05) is 5.33 Å². The molecule has 0 N–H and O–H groups in total. The third kappa shape index (κ3) is 2.45. The minimum absolute atomic E-state index is 0.993. The van der Waals surface area contributed by atoms with Crippen LogP contribution in [0.25, 0.3) is 5.69 Å². The zero-order valence-corrected chi connectivity index (χ0v) is 9.89. The summed E-state index contributed by atoms with van der Waals surface area (Å²) < 4.78 is 1.89. The summed E-state index contributed by atoms with van der Waals surface area (Å²) in [6.45, 7) is 0. The van der Waals surface area contributed by atoms with Crippen LogP contribution >= 0.6 is 15.9 Å². The fourth-order valence-electron chi connectivity index (χ4n) is 1.46. The average molecular weight is 266 g/mol. The number of halogens is 1. The molecule has 1 aromatic carbocycles. The molecule has 2 rings (SSSR count). The molecular weight excluding hydrogens is 254 g/mol. The van der Waals surface area contributed by atoms with E-state index in [1.807, 2.05) is 41.2 Å². The Hall–Kier alpha value is -1.16. The molecule has 0 radical (unpaired) electrons. The molecule has 0 saturated heterocycles. The highest BCUT2D eigenvalue weighted by Crippen LogP contribution is 2.10. The van der Waals surface area contributed by atoms with E-state index in [9.17, 15) is 0 Å². The summed E-state index contributed by atoms with van der Waals surface area (Å²) in [5.41, 5.74) is 2.22. The van der Waals surface area contributed by atoms with Gasteiger partial charge < -0.3 is 0 Å². The van der Waals surface area contributed by atoms with Crippen molar-refractivity contribution in [2.24, 2.45) is 0 Å². The van der Waals surface area contributed by atoms with Crippen LogP contribution in [0.3, 0.4) is 0 Å². The molecule has 0 saturated carbocycles. The lowest BCUT2D eigenvalue weighted by molar-refractivity contribution is 0.748. The Balaban J connectivity index is 2.25. The molecule has 0 aliphatic carbocycles. The number of hydrogen-bond acceptors (Lipinski definition) is 2. The fourth-order valence-corrected chi connectivity index (χ4v) is 1.74. The number of hydrogen-bond donors (Lipinski definition) is 0. The Morgan fingerprint density at radius 3 is 2.73 bits per heavy atom. The Kier molecular flexibility index (Phi) is 3.50. The molecule has 0 unspecified atom stereocenters. The molecule has 0 spiro atoms. The van der Waals surface area contributed by atoms with Gasteiger partial charge in [-0.2, -0.15) is 0 Å². The molecular formula is C11H12BrN3. The first kappa shape index (κ1) is 10.4. The van der Waals surface area contributed by atoms with Gasteiger partial charge in [-0.05, 0) is 25.0 Å². The lowest BCUT2D eigenvalue weighted by Gasteiger charge is -2.04. The van der Waals surface area contributed by atoms with Crippen molar-refractivity contribution < 1.29 is 0 Å². The minimum atomic E-state index is 0.993. The smallest absolute Gasteiger partial charge is 0.0729 e. The third-order valence-corrected chi connectivity index (χ3v) is 2.75. The van der Waals surface area contributed by atoms with E-state index in [0.29, 0.717) is 0 Å². The number of rotatable bonds is 4. The van der Waals surface area contributed by atoms with Gasteiger partial charge in [0.05, 0.1) is 17.6 Å². The van der Waals surface area contributed by atoms with E-state index in [1.54, 1.807) is 0 Å². The van der Waals surface area contributed by atoms with Crippen molar-refractivity contribution in [3.63, 3.8) is 0 Å². The maximum absolute atomic E-state index is 4.09. The molecule has 2 aromatic rings. The fraction of sp³-hybridized carbons (Fsp3) is 0.273. The number of benzene rings is 1. The number of alkyl halides is 1. The summed E-state index contributed by atoms with van der Waals surface area (Å²) in [6.07, 6.45) is 3.92. The quantitative estimate of drug-likeness (QED) is 0.796. The number of nitrogens with zero attached hydrogens (tertiary/aromatic N) is 3. The van der Waals surface area contributed by atoms with Crippen LogP contribution in [-0.2, 0) is 6.42 Å². The van der Waals surface area contributed by atoms with Crippen LogP contribution in [0.4, 0.5) is 0 Å². The predicted molar refractivity (Wildman–Crippen MR) is 63.5 cm³/mol. The first-order valence-corrected chi connectivity index (χ1v) is 6.05. The summed E-state index contributed by atoms with van der Waals surface area (Å²) in [6, 6.07) is 10.1. The van der Waals surface area contributed by atoms with Crippen molar-refractivity contribution in [2.45, 2.75) is 12.8 Å². The summed E-state index contributed by atoms with van der Waals surface area (Å²) in [5, 5.41) is 9.05. The van der Waals surface area contributed by atoms with Crippen LogP contribution < -0.4 is 0 Å². The number of aromatic nitrogens is 3. The van der Waals surface area contributed by atoms with Crippen molar-refractivity contribution in [1.29, 1.82) is 0 Å². The molecule has 0 aliphatic rings. The Morgan fingerprint density at radius 1 is 1.20 bits per heavy atom. The van der Waals surface area contributed by atoms with Crippen LogP contribution in [0.1, 0.15) is 12.1 Å². The molecule has 0 amide bonds. The van der Waals surface area contributed by atoms with Gasteiger partial charge in [0.1, 0.15) is 0 Å². The second kappa shape index (κ2) is 5.07. The lowest BCUT2D eigenvalue weighted by atomic mass is 10.2. The Morgan fingerprint density at radius 2 is 2.00 bits per heavy atom. The topological polar surface area (TPSA) is 30.7 Å². The van der Waals surface area contributed by atoms with Crippen molar-refractivity contribution >= 4 is 15.9 Å². The maximum atomic E-state index is 4.09. The zero-order chi connectivity index (χ0) is 10.5. The highest BCUT2D eigenvalue weighted by molar-refractivity contribution is 9.09. The molecule has 78 valence electrons. The first-order valence-electron chi connectivity index (χ1n) is 4.93. The highest BCUT2D eigenvalue weighted by Gasteiger charge is 2.04. The van der Waals surface area contributed by atoms with Crippen LogP contribution in [0, 0.1) is 0 Å². The Bertz CT molecular complexity index is 411. The monoisotopic (exact) mass is 265 g/mol. The normalized spacial score (nSPS) is 10.5. The minimum Gasteiger partial charge on any atom is -0.218 e. The zero-order valence-electron chi connectivity index (χ0n) is 8.31. The van der Waals surface area contributed by atoms with Crippen LogP contribution in [0.5, 0.6) is 0 Å². The van der Waals surface area contributed by atoms with E-state index in [2.05, 4.69) is 26.2 Å². The summed E-state index contributed by atoms with van der Waals surface area (Å²) in [7, 11) is 0. The molecule has 1 heterocycles. The number of para-hydroxylation sites is 1. The van der Waals surface area contributed by atoms with Crippen LogP contribution in [0.15, 0.2) is 36.5 Å². The molecule has 0 bridgehead atoms. The summed E-state index contributed by atoms with van der Waals surface area (Å²) in [4.78, 5) is 0. The van der Waals surface area contributed by atoms with Crippen molar-refractivity contribution in [3.05, 3.63) is 42.2 Å². The molecule has 4 heteroatoms. The molecule has 15 heavy (non-hydrogen) atoms. The van der Waals surface area contributed by atoms with E-state index < -0.39 is 0 Å². The van der Waals surface area contributed by atoms with Gasteiger partial charge in [-0.1, -0.05) is 39.3 Å². The van der Waals surface area contributed by atoms with Gasteiger partial charge in [-0.3, -0.25) is 0 Å². The van der Waals surface area contributed by atoms with Gasteiger partial charge in [-0.25, -0.2) is 4.68 Å². The van der Waals surface area contributed by atoms with Gasteiger partial charge in [0.15, 0.2) is 0 Å². The molecule has 0 aliphatic heterocycles. The van der Waals surface area contributed by atoms with Gasteiger partial charge >= 0.3 is 0 Å². The molecule has 1 aromatic heterocycles. The average Bonchev–Trinajstić information content (AvgIpc) is 2.75. The van der Waals surface area contributed by atoms with E-state index in [0.717, 1.165) is 29.6 Å². The predicted octanol–water partition coefficient (Wildman–Crippen LogP) is 2.59. The van der Waals surface area contributed by atoms with Gasteiger partial charge in [0.25, 0.3) is 0 Å². The maximum Gasteiger partial charge on any atom is 0.0729 e. The number of aryl methyl sites for hydroxylation is 1.